The van der Waals surface area contributed by atoms with Crippen LogP contribution in [0.5, 0.6) is 0 Å². The summed E-state index contributed by atoms with van der Waals surface area (Å²) in [4.78, 5) is 23.0. The number of carbonyl (C=O) groups is 2. The van der Waals surface area contributed by atoms with Gasteiger partial charge in [-0.3, -0.25) is 4.79 Å². The van der Waals surface area contributed by atoms with Crippen LogP contribution in [0.25, 0.3) is 0 Å². The highest BCUT2D eigenvalue weighted by molar-refractivity contribution is 5.81. The third-order valence-electron chi connectivity index (χ3n) is 7.00. The lowest BCUT2D eigenvalue weighted by atomic mass is 9.88. The fourth-order valence-electron chi connectivity index (χ4n) is 4.77. The van der Waals surface area contributed by atoms with Crippen LogP contribution in [0.15, 0.2) is 54.6 Å². The van der Waals surface area contributed by atoms with Gasteiger partial charge in [0, 0.05) is 31.9 Å². The van der Waals surface area contributed by atoms with Crippen molar-refractivity contribution in [1.29, 1.82) is 0 Å². The summed E-state index contributed by atoms with van der Waals surface area (Å²) in [5.74, 6) is -1.30. The van der Waals surface area contributed by atoms with E-state index in [0.29, 0.717) is 19.4 Å². The van der Waals surface area contributed by atoms with Crippen LogP contribution in [0.1, 0.15) is 64.9 Å². The lowest BCUT2D eigenvalue weighted by molar-refractivity contribution is -0.138. The molecule has 1 aromatic carbocycles. The number of aliphatic hydroxyl groups excluding tert-OH is 3. The van der Waals surface area contributed by atoms with Crippen molar-refractivity contribution in [3.8, 4) is 0 Å². The number of likely N-dealkylation sites (N-methyl/N-ethyl adjacent to an activating group) is 1. The first-order chi connectivity index (χ1) is 18.7. The Balaban J connectivity index is 0.00000177. The number of hydrogen-bond acceptors (Lipinski definition) is 7. The van der Waals surface area contributed by atoms with E-state index in [2.05, 4.69) is 30.9 Å². The molecule has 4 N–H and O–H groups in total. The first-order valence-electron chi connectivity index (χ1n) is 14.2. The zero-order chi connectivity index (χ0) is 29.0. The number of aryl methyl sites for hydroxylation is 1. The normalized spacial score (nSPS) is 21.7. The molecule has 0 aromatic heterocycles. The smallest absolute Gasteiger partial charge is 0.330 e. The predicted octanol–water partition coefficient (Wildman–Crippen LogP) is 3.99. The summed E-state index contributed by atoms with van der Waals surface area (Å²) in [6.07, 6.45) is 10.5. The van der Waals surface area contributed by atoms with Crippen LogP contribution in [0.4, 0.5) is 0 Å². The topological polar surface area (TPSA) is 128 Å². The van der Waals surface area contributed by atoms with E-state index in [4.69, 9.17) is 14.6 Å². The van der Waals surface area contributed by atoms with Gasteiger partial charge in [-0.25, -0.2) is 4.79 Å². The molecule has 1 aliphatic rings. The third-order valence-corrected chi connectivity index (χ3v) is 7.00. The lowest BCUT2D eigenvalue weighted by Gasteiger charge is -2.21. The van der Waals surface area contributed by atoms with Gasteiger partial charge in [-0.15, -0.1) is 0 Å². The molecule has 1 aliphatic carbocycles. The SMILES string of the molecule is CC(=O)O.CCN(CC)CCOC(=O)/C=C\CCCC[C@@H]1[C@@H](/C=C/[C@@H](O)CCc2ccccc2)[C@H](O)C[C@@H]1O. The number of ether oxygens (including phenoxy) is 1. The van der Waals surface area contributed by atoms with E-state index in [-0.39, 0.29) is 17.8 Å². The Morgan fingerprint density at radius 2 is 1.77 bits per heavy atom. The summed E-state index contributed by atoms with van der Waals surface area (Å²) in [5.41, 5.74) is 1.19. The molecule has 0 heterocycles. The van der Waals surface area contributed by atoms with Gasteiger partial charge in [-0.05, 0) is 56.7 Å². The number of carbonyl (C=O) groups excluding carboxylic acids is 1. The highest BCUT2D eigenvalue weighted by Crippen LogP contribution is 2.37. The number of allylic oxidation sites excluding steroid dienone is 1. The Morgan fingerprint density at radius 1 is 1.10 bits per heavy atom. The summed E-state index contributed by atoms with van der Waals surface area (Å²) >= 11 is 0. The Labute approximate surface area is 234 Å². The van der Waals surface area contributed by atoms with Crippen molar-refractivity contribution < 1.29 is 34.8 Å². The highest BCUT2D eigenvalue weighted by Gasteiger charge is 2.39. The van der Waals surface area contributed by atoms with Gasteiger partial charge >= 0.3 is 5.97 Å². The van der Waals surface area contributed by atoms with Crippen LogP contribution in [-0.2, 0) is 20.7 Å². The van der Waals surface area contributed by atoms with E-state index < -0.39 is 24.3 Å². The monoisotopic (exact) mass is 547 g/mol. The standard InChI is InChI=1S/C29H45NO5.C2H4O2/c1-3-30(4-2)20-21-35-29(34)15-11-6-5-10-14-25-26(28(33)22-27(25)32)19-18-24(31)17-16-23-12-8-7-9-13-23;1-2(3)4/h7-9,11-13,15,18-19,24-28,31-33H,3-6,10,14,16-17,20-22H2,1-2H3;1H3,(H,3,4)/b15-11-,19-18+;/t24-,25+,26+,27-,28+;/m0./s1. The molecule has 1 saturated carbocycles. The van der Waals surface area contributed by atoms with E-state index in [1.165, 1.54) is 11.6 Å². The second-order valence-corrected chi connectivity index (χ2v) is 9.99. The van der Waals surface area contributed by atoms with Crippen molar-refractivity contribution >= 4 is 11.9 Å². The summed E-state index contributed by atoms with van der Waals surface area (Å²) in [6.45, 7) is 8.31. The molecule has 0 aliphatic heterocycles. The van der Waals surface area contributed by atoms with Crippen LogP contribution in [0, 0.1) is 11.8 Å². The molecule has 0 spiro atoms. The van der Waals surface area contributed by atoms with Crippen LogP contribution < -0.4 is 0 Å². The number of aliphatic carboxylic acids is 1. The van der Waals surface area contributed by atoms with Crippen molar-refractivity contribution in [3.63, 3.8) is 0 Å². The van der Waals surface area contributed by atoms with Crippen LogP contribution >= 0.6 is 0 Å². The number of nitrogens with zero attached hydrogens (tertiary/aromatic N) is 1. The molecule has 39 heavy (non-hydrogen) atoms. The van der Waals surface area contributed by atoms with Crippen molar-refractivity contribution in [1.82, 2.24) is 4.90 Å². The second kappa shape index (κ2) is 20.4. The van der Waals surface area contributed by atoms with E-state index in [9.17, 15) is 20.1 Å². The molecule has 0 amide bonds. The fourth-order valence-corrected chi connectivity index (χ4v) is 4.77. The van der Waals surface area contributed by atoms with E-state index in [0.717, 1.165) is 58.7 Å². The Hall–Kier alpha value is -2.52. The predicted molar refractivity (Wildman–Crippen MR) is 153 cm³/mol. The zero-order valence-electron chi connectivity index (χ0n) is 23.8. The molecular weight excluding hydrogens is 498 g/mol. The van der Waals surface area contributed by atoms with Crippen LogP contribution in [0.2, 0.25) is 0 Å². The van der Waals surface area contributed by atoms with Gasteiger partial charge in [-0.2, -0.15) is 0 Å². The van der Waals surface area contributed by atoms with Crippen LogP contribution in [-0.4, -0.2) is 81.8 Å². The first-order valence-corrected chi connectivity index (χ1v) is 14.2. The van der Waals surface area contributed by atoms with Gasteiger partial charge in [-0.1, -0.05) is 68.8 Å². The Bertz CT molecular complexity index is 850. The van der Waals surface area contributed by atoms with E-state index in [1.807, 2.05) is 30.4 Å². The number of benzene rings is 1. The number of esters is 1. The maximum atomic E-state index is 11.8. The molecule has 8 nitrogen and oxygen atoms in total. The molecule has 5 atom stereocenters. The van der Waals surface area contributed by atoms with Gasteiger partial charge in [0.2, 0.25) is 0 Å². The molecular formula is C31H49NO7. The third kappa shape index (κ3) is 15.6. The van der Waals surface area contributed by atoms with Crippen molar-refractivity contribution in [2.75, 3.05) is 26.2 Å². The highest BCUT2D eigenvalue weighted by atomic mass is 16.5. The number of carboxylic acids is 1. The maximum absolute atomic E-state index is 11.8. The molecule has 0 bridgehead atoms. The largest absolute Gasteiger partial charge is 0.481 e. The average Bonchev–Trinajstić information content (AvgIpc) is 3.17. The molecule has 0 unspecified atom stereocenters. The van der Waals surface area contributed by atoms with Crippen molar-refractivity contribution in [2.24, 2.45) is 11.8 Å². The van der Waals surface area contributed by atoms with Crippen molar-refractivity contribution in [2.45, 2.75) is 84.0 Å². The molecule has 220 valence electrons. The van der Waals surface area contributed by atoms with Crippen molar-refractivity contribution in [3.05, 3.63) is 60.2 Å². The zero-order valence-corrected chi connectivity index (χ0v) is 23.8. The minimum atomic E-state index is -0.833. The summed E-state index contributed by atoms with van der Waals surface area (Å²) in [5, 5.41) is 38.6. The number of hydrogen-bond donors (Lipinski definition) is 4. The summed E-state index contributed by atoms with van der Waals surface area (Å²) in [6, 6.07) is 10.1. The van der Waals surface area contributed by atoms with E-state index >= 15 is 0 Å². The van der Waals surface area contributed by atoms with Crippen LogP contribution in [0.3, 0.4) is 0 Å². The molecule has 2 rings (SSSR count). The molecule has 8 heteroatoms. The van der Waals surface area contributed by atoms with Gasteiger partial charge in [0.05, 0.1) is 18.3 Å². The molecule has 1 fully saturated rings. The maximum Gasteiger partial charge on any atom is 0.330 e. The number of unbranched alkanes of at least 4 members (excludes halogenated alkanes) is 2. The average molecular weight is 548 g/mol. The van der Waals surface area contributed by atoms with Gasteiger partial charge in [0.1, 0.15) is 6.61 Å². The molecule has 0 radical (unpaired) electrons. The quantitative estimate of drug-likeness (QED) is 0.106. The van der Waals surface area contributed by atoms with Gasteiger partial charge in [0.15, 0.2) is 0 Å². The van der Waals surface area contributed by atoms with E-state index in [1.54, 1.807) is 6.08 Å². The number of aliphatic hydroxyl groups is 3. The number of rotatable bonds is 16. The summed E-state index contributed by atoms with van der Waals surface area (Å²) < 4.78 is 5.24. The minimum absolute atomic E-state index is 0.0170. The van der Waals surface area contributed by atoms with Gasteiger partial charge in [0.25, 0.3) is 5.97 Å². The second-order valence-electron chi connectivity index (χ2n) is 9.99. The summed E-state index contributed by atoms with van der Waals surface area (Å²) in [7, 11) is 0. The Morgan fingerprint density at radius 3 is 2.41 bits per heavy atom. The molecule has 1 aromatic rings. The van der Waals surface area contributed by atoms with Gasteiger partial charge < -0.3 is 30.1 Å². The molecule has 0 saturated heterocycles. The Kier molecular flexibility index (Phi) is 18.0. The minimum Gasteiger partial charge on any atom is -0.481 e. The number of carboxylic acid groups (broad SMARTS) is 1. The lowest BCUT2D eigenvalue weighted by Crippen LogP contribution is -2.27. The fraction of sp³-hybridized carbons (Fsp3) is 0.613. The first kappa shape index (κ1) is 34.5.